The van der Waals surface area contributed by atoms with Crippen LogP contribution in [0.25, 0.3) is 11.3 Å². The van der Waals surface area contributed by atoms with Crippen molar-refractivity contribution in [2.45, 2.75) is 13.5 Å². The quantitative estimate of drug-likeness (QED) is 0.791. The zero-order valence-electron chi connectivity index (χ0n) is 11.6. The third-order valence-electron chi connectivity index (χ3n) is 3.01. The second-order valence-electron chi connectivity index (χ2n) is 4.36. The first-order valence-electron chi connectivity index (χ1n) is 6.51. The first-order chi connectivity index (χ1) is 10.1. The van der Waals surface area contributed by atoms with Crippen LogP contribution in [0.4, 0.5) is 8.78 Å². The lowest BCUT2D eigenvalue weighted by Crippen LogP contribution is -2.20. The first kappa shape index (κ1) is 15.0. The number of benzene rings is 1. The minimum absolute atomic E-state index is 0.0787. The second-order valence-corrected chi connectivity index (χ2v) is 4.36. The Morgan fingerprint density at radius 2 is 1.95 bits per heavy atom. The van der Waals surface area contributed by atoms with Gasteiger partial charge < -0.3 is 9.30 Å². The van der Waals surface area contributed by atoms with Gasteiger partial charge in [-0.1, -0.05) is 18.7 Å². The zero-order valence-corrected chi connectivity index (χ0v) is 11.6. The molecule has 2 aromatic rings. The molecule has 1 heterocycles. The minimum atomic E-state index is -0.776. The Morgan fingerprint density at radius 3 is 2.52 bits per heavy atom. The van der Waals surface area contributed by atoms with Crippen molar-refractivity contribution in [3.8, 4) is 17.0 Å². The number of hydrogen-bond acceptors (Lipinski definition) is 2. The highest BCUT2D eigenvalue weighted by molar-refractivity contribution is 5.62. The van der Waals surface area contributed by atoms with Crippen LogP contribution < -0.4 is 10.3 Å². The molecule has 0 saturated carbocycles. The van der Waals surface area contributed by atoms with Crippen LogP contribution in [-0.4, -0.2) is 11.2 Å². The van der Waals surface area contributed by atoms with Gasteiger partial charge >= 0.3 is 0 Å². The molecular formula is C16H15F2NO2. The summed E-state index contributed by atoms with van der Waals surface area (Å²) in [5.74, 6) is -1.47. The minimum Gasteiger partial charge on any atom is -0.489 e. The lowest BCUT2D eigenvalue weighted by molar-refractivity contribution is 0.358. The van der Waals surface area contributed by atoms with Gasteiger partial charge in [0, 0.05) is 24.7 Å². The van der Waals surface area contributed by atoms with Crippen molar-refractivity contribution in [1.82, 2.24) is 4.57 Å². The SMILES string of the molecule is C=CCOc1cc(F)c(-c2cccc(=O)n2CC)c(F)c1. The fraction of sp³-hybridized carbons (Fsp3) is 0.188. The molecular weight excluding hydrogens is 276 g/mol. The van der Waals surface area contributed by atoms with Crippen LogP contribution >= 0.6 is 0 Å². The van der Waals surface area contributed by atoms with Gasteiger partial charge in [-0.15, -0.1) is 0 Å². The summed E-state index contributed by atoms with van der Waals surface area (Å²) in [7, 11) is 0. The Kier molecular flexibility index (Phi) is 4.52. The molecule has 0 atom stereocenters. The molecule has 2 rings (SSSR count). The van der Waals surface area contributed by atoms with Gasteiger partial charge in [0.2, 0.25) is 0 Å². The summed E-state index contributed by atoms with van der Waals surface area (Å²) < 4.78 is 34.9. The van der Waals surface area contributed by atoms with Gasteiger partial charge in [0.15, 0.2) is 0 Å². The Labute approximate surface area is 121 Å². The monoisotopic (exact) mass is 291 g/mol. The van der Waals surface area contributed by atoms with E-state index in [-0.39, 0.29) is 29.2 Å². The highest BCUT2D eigenvalue weighted by atomic mass is 19.1. The summed E-state index contributed by atoms with van der Waals surface area (Å²) >= 11 is 0. The maximum Gasteiger partial charge on any atom is 0.250 e. The van der Waals surface area contributed by atoms with E-state index in [1.54, 1.807) is 6.92 Å². The Bertz CT molecular complexity index is 699. The fourth-order valence-corrected chi connectivity index (χ4v) is 2.10. The third-order valence-corrected chi connectivity index (χ3v) is 3.01. The molecule has 0 spiro atoms. The second kappa shape index (κ2) is 6.35. The molecule has 1 aromatic carbocycles. The lowest BCUT2D eigenvalue weighted by Gasteiger charge is -2.13. The van der Waals surface area contributed by atoms with E-state index in [0.29, 0.717) is 6.54 Å². The molecule has 0 amide bonds. The van der Waals surface area contributed by atoms with Crippen molar-refractivity contribution in [3.05, 3.63) is 65.0 Å². The van der Waals surface area contributed by atoms with Crippen LogP contribution in [0, 0.1) is 11.6 Å². The van der Waals surface area contributed by atoms with Gasteiger partial charge in [0.25, 0.3) is 5.56 Å². The highest BCUT2D eigenvalue weighted by Gasteiger charge is 2.17. The molecule has 5 heteroatoms. The Balaban J connectivity index is 2.57. The predicted molar refractivity (Wildman–Crippen MR) is 77.4 cm³/mol. The summed E-state index contributed by atoms with van der Waals surface area (Å²) in [4.78, 5) is 11.8. The number of rotatable bonds is 5. The molecule has 1 aromatic heterocycles. The number of hydrogen-bond donors (Lipinski definition) is 0. The molecule has 0 radical (unpaired) electrons. The van der Waals surface area contributed by atoms with E-state index >= 15 is 0 Å². The van der Waals surface area contributed by atoms with E-state index in [9.17, 15) is 13.6 Å². The summed E-state index contributed by atoms with van der Waals surface area (Å²) in [6, 6.07) is 6.53. The van der Waals surface area contributed by atoms with Gasteiger partial charge in [-0.25, -0.2) is 8.78 Å². The molecule has 0 bridgehead atoms. The van der Waals surface area contributed by atoms with Crippen LogP contribution in [-0.2, 0) is 6.54 Å². The molecule has 0 aliphatic heterocycles. The van der Waals surface area contributed by atoms with E-state index in [4.69, 9.17) is 4.74 Å². The smallest absolute Gasteiger partial charge is 0.250 e. The molecule has 0 unspecified atom stereocenters. The molecule has 3 nitrogen and oxygen atoms in total. The molecule has 0 aliphatic rings. The van der Waals surface area contributed by atoms with Gasteiger partial charge in [0.05, 0.1) is 11.3 Å². The number of pyridine rings is 1. The summed E-state index contributed by atoms with van der Waals surface area (Å²) in [6.07, 6.45) is 1.48. The van der Waals surface area contributed by atoms with Crippen molar-refractivity contribution < 1.29 is 13.5 Å². The van der Waals surface area contributed by atoms with Crippen LogP contribution in [0.5, 0.6) is 5.75 Å². The maximum absolute atomic E-state index is 14.2. The largest absolute Gasteiger partial charge is 0.489 e. The van der Waals surface area contributed by atoms with Crippen LogP contribution in [0.1, 0.15) is 6.92 Å². The summed E-state index contributed by atoms with van der Waals surface area (Å²) in [5, 5.41) is 0. The van der Waals surface area contributed by atoms with Crippen molar-refractivity contribution in [2.75, 3.05) is 6.61 Å². The van der Waals surface area contributed by atoms with Crippen molar-refractivity contribution in [1.29, 1.82) is 0 Å². The van der Waals surface area contributed by atoms with Crippen LogP contribution in [0.3, 0.4) is 0 Å². The standard InChI is InChI=1S/C16H15F2NO2/c1-3-8-21-11-9-12(17)16(13(18)10-11)14-6-5-7-15(20)19(14)4-2/h3,5-7,9-10H,1,4,8H2,2H3. The van der Waals surface area contributed by atoms with E-state index in [1.165, 1.54) is 28.8 Å². The zero-order chi connectivity index (χ0) is 15.4. The number of halogens is 2. The Hall–Kier alpha value is -2.43. The van der Waals surface area contributed by atoms with Crippen LogP contribution in [0.2, 0.25) is 0 Å². The average Bonchev–Trinajstić information content (AvgIpc) is 2.44. The van der Waals surface area contributed by atoms with E-state index < -0.39 is 11.6 Å². The highest BCUT2D eigenvalue weighted by Crippen LogP contribution is 2.29. The first-order valence-corrected chi connectivity index (χ1v) is 6.51. The van der Waals surface area contributed by atoms with E-state index in [1.807, 2.05) is 0 Å². The van der Waals surface area contributed by atoms with Crippen LogP contribution in [0.15, 0.2) is 47.8 Å². The normalized spacial score (nSPS) is 10.4. The van der Waals surface area contributed by atoms with E-state index in [2.05, 4.69) is 6.58 Å². The topological polar surface area (TPSA) is 31.2 Å². The molecule has 0 fully saturated rings. The number of aromatic nitrogens is 1. The summed E-state index contributed by atoms with van der Waals surface area (Å²) in [5.41, 5.74) is -0.337. The van der Waals surface area contributed by atoms with Gasteiger partial charge in [0.1, 0.15) is 24.0 Å². The summed E-state index contributed by atoms with van der Waals surface area (Å²) in [6.45, 7) is 5.68. The van der Waals surface area contributed by atoms with Crippen molar-refractivity contribution in [2.24, 2.45) is 0 Å². The molecule has 0 N–H and O–H groups in total. The molecule has 0 saturated heterocycles. The molecule has 0 aliphatic carbocycles. The molecule has 110 valence electrons. The van der Waals surface area contributed by atoms with Crippen molar-refractivity contribution in [3.63, 3.8) is 0 Å². The fourth-order valence-electron chi connectivity index (χ4n) is 2.10. The van der Waals surface area contributed by atoms with Gasteiger partial charge in [-0.3, -0.25) is 4.79 Å². The maximum atomic E-state index is 14.2. The molecule has 21 heavy (non-hydrogen) atoms. The number of nitrogens with zero attached hydrogens (tertiary/aromatic N) is 1. The van der Waals surface area contributed by atoms with Gasteiger partial charge in [-0.2, -0.15) is 0 Å². The Morgan fingerprint density at radius 1 is 1.29 bits per heavy atom. The van der Waals surface area contributed by atoms with E-state index in [0.717, 1.165) is 12.1 Å². The van der Waals surface area contributed by atoms with Gasteiger partial charge in [-0.05, 0) is 13.0 Å². The number of ether oxygens (including phenoxy) is 1. The van der Waals surface area contributed by atoms with Crippen molar-refractivity contribution >= 4 is 0 Å². The lowest BCUT2D eigenvalue weighted by atomic mass is 10.1. The average molecular weight is 291 g/mol. The third kappa shape index (κ3) is 3.02. The predicted octanol–water partition coefficient (Wildman–Crippen LogP) is 3.38.